The summed E-state index contributed by atoms with van der Waals surface area (Å²) in [5, 5.41) is 13.8. The molecule has 7 nitrogen and oxygen atoms in total. The van der Waals surface area contributed by atoms with Crippen LogP contribution in [0.5, 0.6) is 0 Å². The third-order valence-corrected chi connectivity index (χ3v) is 6.16. The van der Waals surface area contributed by atoms with Gasteiger partial charge in [-0.05, 0) is 43.5 Å². The third kappa shape index (κ3) is 4.02. The number of halogens is 1. The van der Waals surface area contributed by atoms with E-state index in [1.54, 1.807) is 39.9 Å². The SMILES string of the molecule is CC1CN(C(=O)c2cccc(-c3cccc(-n4ncc(C(=O)O)c4C4CC4)c3)c2F)CCO1. The van der Waals surface area contributed by atoms with Crippen LogP contribution in [0.4, 0.5) is 4.39 Å². The predicted octanol–water partition coefficient (Wildman–Crippen LogP) is 4.11. The molecule has 33 heavy (non-hydrogen) atoms. The maximum atomic E-state index is 15.5. The molecule has 1 amide bonds. The Hall–Kier alpha value is -3.52. The van der Waals surface area contributed by atoms with E-state index in [-0.39, 0.29) is 29.1 Å². The van der Waals surface area contributed by atoms with Gasteiger partial charge < -0.3 is 14.7 Å². The number of ether oxygens (including phenoxy) is 1. The molecule has 8 heteroatoms. The summed E-state index contributed by atoms with van der Waals surface area (Å²) in [6, 6.07) is 12.0. The number of aromatic carboxylic acids is 1. The molecule has 2 aromatic carbocycles. The molecule has 1 aliphatic heterocycles. The van der Waals surface area contributed by atoms with Gasteiger partial charge in [0.2, 0.25) is 0 Å². The zero-order chi connectivity index (χ0) is 23.1. The van der Waals surface area contributed by atoms with Crippen molar-refractivity contribution in [3.8, 4) is 16.8 Å². The number of rotatable bonds is 5. The first-order valence-electron chi connectivity index (χ1n) is 11.1. The van der Waals surface area contributed by atoms with Crippen LogP contribution in [0.25, 0.3) is 16.8 Å². The Morgan fingerprint density at radius 1 is 1.15 bits per heavy atom. The first kappa shape index (κ1) is 21.3. The highest BCUT2D eigenvalue weighted by Gasteiger charge is 2.33. The average Bonchev–Trinajstić information content (AvgIpc) is 3.56. The molecular formula is C25H24FN3O4. The van der Waals surface area contributed by atoms with Crippen molar-refractivity contribution >= 4 is 11.9 Å². The number of aromatic nitrogens is 2. The molecule has 2 fully saturated rings. The van der Waals surface area contributed by atoms with Crippen LogP contribution >= 0.6 is 0 Å². The average molecular weight is 449 g/mol. The number of nitrogens with zero attached hydrogens (tertiary/aromatic N) is 3. The molecule has 0 spiro atoms. The van der Waals surface area contributed by atoms with Crippen LogP contribution in [0.3, 0.4) is 0 Å². The van der Waals surface area contributed by atoms with Gasteiger partial charge in [-0.25, -0.2) is 13.9 Å². The van der Waals surface area contributed by atoms with Crippen LogP contribution in [0.1, 0.15) is 52.1 Å². The lowest BCUT2D eigenvalue weighted by Gasteiger charge is -2.31. The van der Waals surface area contributed by atoms with E-state index in [1.165, 1.54) is 12.3 Å². The van der Waals surface area contributed by atoms with Crippen LogP contribution in [0.15, 0.2) is 48.7 Å². The van der Waals surface area contributed by atoms with E-state index in [0.29, 0.717) is 42.2 Å². The Bertz CT molecular complexity index is 1230. The summed E-state index contributed by atoms with van der Waals surface area (Å²) >= 11 is 0. The predicted molar refractivity (Wildman–Crippen MR) is 119 cm³/mol. The van der Waals surface area contributed by atoms with Crippen LogP contribution in [0.2, 0.25) is 0 Å². The van der Waals surface area contributed by atoms with Gasteiger partial charge in [0.1, 0.15) is 11.4 Å². The summed E-state index contributed by atoms with van der Waals surface area (Å²) in [6.07, 6.45) is 3.12. The molecule has 3 aromatic rings. The first-order valence-corrected chi connectivity index (χ1v) is 11.1. The zero-order valence-electron chi connectivity index (χ0n) is 18.2. The highest BCUT2D eigenvalue weighted by molar-refractivity contribution is 5.96. The number of amides is 1. The molecule has 1 aliphatic carbocycles. The number of hydrogen-bond donors (Lipinski definition) is 1. The topological polar surface area (TPSA) is 84.7 Å². The molecule has 1 N–H and O–H groups in total. The van der Waals surface area contributed by atoms with Crippen LogP contribution in [-0.4, -0.2) is 57.5 Å². The highest BCUT2D eigenvalue weighted by atomic mass is 19.1. The van der Waals surface area contributed by atoms with Crippen molar-refractivity contribution in [1.29, 1.82) is 0 Å². The fourth-order valence-corrected chi connectivity index (χ4v) is 4.38. The van der Waals surface area contributed by atoms with Crippen molar-refractivity contribution in [3.05, 3.63) is 71.3 Å². The summed E-state index contributed by atoms with van der Waals surface area (Å²) in [4.78, 5) is 26.2. The van der Waals surface area contributed by atoms with E-state index in [4.69, 9.17) is 4.74 Å². The lowest BCUT2D eigenvalue weighted by molar-refractivity contribution is -0.0125. The van der Waals surface area contributed by atoms with Crippen molar-refractivity contribution in [1.82, 2.24) is 14.7 Å². The van der Waals surface area contributed by atoms with E-state index < -0.39 is 11.8 Å². The molecule has 2 heterocycles. The molecule has 1 aromatic heterocycles. The Labute approximate surface area is 190 Å². The van der Waals surface area contributed by atoms with E-state index >= 15 is 4.39 Å². The molecule has 2 aliphatic rings. The summed E-state index contributed by atoms with van der Waals surface area (Å²) in [6.45, 7) is 3.17. The maximum Gasteiger partial charge on any atom is 0.339 e. The molecule has 5 rings (SSSR count). The minimum atomic E-state index is -1.01. The van der Waals surface area contributed by atoms with Crippen LogP contribution in [-0.2, 0) is 4.74 Å². The number of carboxylic acid groups (broad SMARTS) is 1. The monoisotopic (exact) mass is 449 g/mol. The molecule has 1 atom stereocenters. The Kier molecular flexibility index (Phi) is 5.46. The van der Waals surface area contributed by atoms with Gasteiger partial charge in [0, 0.05) is 24.6 Å². The summed E-state index contributed by atoms with van der Waals surface area (Å²) in [7, 11) is 0. The second-order valence-corrected chi connectivity index (χ2v) is 8.58. The summed E-state index contributed by atoms with van der Waals surface area (Å²) in [5.41, 5.74) is 2.44. The largest absolute Gasteiger partial charge is 0.478 e. The van der Waals surface area contributed by atoms with Crippen molar-refractivity contribution in [2.45, 2.75) is 31.8 Å². The maximum absolute atomic E-state index is 15.5. The number of carbonyl (C=O) groups is 2. The zero-order valence-corrected chi connectivity index (χ0v) is 18.2. The van der Waals surface area contributed by atoms with Gasteiger partial charge in [0.15, 0.2) is 0 Å². The van der Waals surface area contributed by atoms with Crippen LogP contribution < -0.4 is 0 Å². The van der Waals surface area contributed by atoms with E-state index in [1.807, 2.05) is 13.0 Å². The van der Waals surface area contributed by atoms with E-state index in [2.05, 4.69) is 5.10 Å². The molecule has 0 radical (unpaired) electrons. The fraction of sp³-hybridized carbons (Fsp3) is 0.320. The van der Waals surface area contributed by atoms with Gasteiger partial charge in [-0.2, -0.15) is 5.10 Å². The molecule has 1 saturated heterocycles. The molecular weight excluding hydrogens is 425 g/mol. The van der Waals surface area contributed by atoms with Crippen molar-refractivity contribution < 1.29 is 23.8 Å². The third-order valence-electron chi connectivity index (χ3n) is 6.16. The Morgan fingerprint density at radius 2 is 1.94 bits per heavy atom. The highest BCUT2D eigenvalue weighted by Crippen LogP contribution is 2.42. The quantitative estimate of drug-likeness (QED) is 0.634. The number of morpholine rings is 1. The first-order chi connectivity index (χ1) is 15.9. The number of benzene rings is 2. The van der Waals surface area contributed by atoms with Gasteiger partial charge in [-0.3, -0.25) is 4.79 Å². The van der Waals surface area contributed by atoms with Gasteiger partial charge in [0.25, 0.3) is 5.91 Å². The fourth-order valence-electron chi connectivity index (χ4n) is 4.38. The van der Waals surface area contributed by atoms with Gasteiger partial charge in [-0.1, -0.05) is 24.3 Å². The minimum Gasteiger partial charge on any atom is -0.478 e. The Balaban J connectivity index is 1.51. The lowest BCUT2D eigenvalue weighted by atomic mass is 10.0. The smallest absolute Gasteiger partial charge is 0.339 e. The lowest BCUT2D eigenvalue weighted by Crippen LogP contribution is -2.44. The van der Waals surface area contributed by atoms with Crippen LogP contribution in [0, 0.1) is 5.82 Å². The normalized spacial score (nSPS) is 18.4. The van der Waals surface area contributed by atoms with Gasteiger partial charge in [0.05, 0.1) is 35.9 Å². The summed E-state index contributed by atoms with van der Waals surface area (Å²) < 4.78 is 22.7. The van der Waals surface area contributed by atoms with Gasteiger partial charge >= 0.3 is 5.97 Å². The number of hydrogen-bond acceptors (Lipinski definition) is 4. The van der Waals surface area contributed by atoms with E-state index in [9.17, 15) is 14.7 Å². The number of carboxylic acids is 1. The van der Waals surface area contributed by atoms with E-state index in [0.717, 1.165) is 12.8 Å². The Morgan fingerprint density at radius 3 is 2.67 bits per heavy atom. The molecule has 170 valence electrons. The minimum absolute atomic E-state index is 0.0259. The molecule has 0 bridgehead atoms. The standard InChI is InChI=1S/C25H24FN3O4/c1-15-14-28(10-11-33-15)24(30)20-7-3-6-19(22(20)26)17-4-2-5-18(12-17)29-23(16-8-9-16)21(13-27-29)25(31)32/h2-7,12-13,15-16H,8-11,14H2,1H3,(H,31,32). The number of carbonyl (C=O) groups excluding carboxylic acids is 1. The second kappa shape index (κ2) is 8.44. The molecule has 1 saturated carbocycles. The van der Waals surface area contributed by atoms with Crippen molar-refractivity contribution in [2.75, 3.05) is 19.7 Å². The second-order valence-electron chi connectivity index (χ2n) is 8.58. The van der Waals surface area contributed by atoms with Crippen molar-refractivity contribution in [2.24, 2.45) is 0 Å². The summed E-state index contributed by atoms with van der Waals surface area (Å²) in [5.74, 6) is -1.77. The van der Waals surface area contributed by atoms with Gasteiger partial charge in [-0.15, -0.1) is 0 Å². The molecule has 1 unspecified atom stereocenters. The van der Waals surface area contributed by atoms with Crippen molar-refractivity contribution in [3.63, 3.8) is 0 Å².